The largest absolute Gasteiger partial charge is 0.489 e. The van der Waals surface area contributed by atoms with Gasteiger partial charge in [0.15, 0.2) is 0 Å². The van der Waals surface area contributed by atoms with Crippen molar-refractivity contribution in [3.8, 4) is 5.75 Å². The molecular weight excluding hydrogens is 222 g/mol. The van der Waals surface area contributed by atoms with Crippen LogP contribution in [0.25, 0.3) is 0 Å². The van der Waals surface area contributed by atoms with Gasteiger partial charge in [0.25, 0.3) is 0 Å². The highest BCUT2D eigenvalue weighted by Crippen LogP contribution is 2.29. The maximum absolute atomic E-state index is 8.70. The molecule has 3 nitrogen and oxygen atoms in total. The summed E-state index contributed by atoms with van der Waals surface area (Å²) in [5.74, 6) is 1.64. The molecule has 4 heteroatoms. The molecule has 0 radical (unpaired) electrons. The summed E-state index contributed by atoms with van der Waals surface area (Å²) in [7, 11) is 0. The fraction of sp³-hybridized carbons (Fsp3) is 0.500. The van der Waals surface area contributed by atoms with Gasteiger partial charge in [0.2, 0.25) is 0 Å². The van der Waals surface area contributed by atoms with Crippen molar-refractivity contribution in [2.45, 2.75) is 31.3 Å². The number of anilines is 1. The number of hydrogen-bond acceptors (Lipinski definition) is 4. The molecule has 0 saturated carbocycles. The monoisotopic (exact) mass is 241 g/mol. The summed E-state index contributed by atoms with van der Waals surface area (Å²) in [6, 6.07) is 5.79. The van der Waals surface area contributed by atoms with Crippen molar-refractivity contribution in [3.05, 3.63) is 18.2 Å². The molecule has 1 rings (SSSR count). The molecule has 0 heterocycles. The van der Waals surface area contributed by atoms with Crippen LogP contribution in [0.1, 0.15) is 20.3 Å². The van der Waals surface area contributed by atoms with E-state index in [0.29, 0.717) is 5.69 Å². The lowest BCUT2D eigenvalue weighted by Gasteiger charge is -2.13. The summed E-state index contributed by atoms with van der Waals surface area (Å²) in [6.07, 6.45) is 0.926. The molecule has 0 saturated heterocycles. The maximum Gasteiger partial charge on any atom is 0.143 e. The van der Waals surface area contributed by atoms with E-state index in [4.69, 9.17) is 15.6 Å². The Kier molecular flexibility index (Phi) is 5.49. The zero-order valence-corrected chi connectivity index (χ0v) is 10.6. The van der Waals surface area contributed by atoms with Crippen LogP contribution in [0.5, 0.6) is 5.75 Å². The van der Waals surface area contributed by atoms with Gasteiger partial charge >= 0.3 is 0 Å². The Hall–Kier alpha value is -0.870. The van der Waals surface area contributed by atoms with Crippen molar-refractivity contribution in [1.82, 2.24) is 0 Å². The number of hydrogen-bond donors (Lipinski definition) is 2. The lowest BCUT2D eigenvalue weighted by Crippen LogP contribution is -2.07. The van der Waals surface area contributed by atoms with Crippen LogP contribution >= 0.6 is 11.8 Å². The van der Waals surface area contributed by atoms with Crippen LogP contribution < -0.4 is 10.5 Å². The van der Waals surface area contributed by atoms with Gasteiger partial charge in [-0.1, -0.05) is 0 Å². The molecule has 0 aliphatic rings. The Bertz CT molecular complexity index is 329. The van der Waals surface area contributed by atoms with Gasteiger partial charge in [-0.2, -0.15) is 0 Å². The van der Waals surface area contributed by atoms with E-state index in [1.807, 2.05) is 32.0 Å². The molecule has 3 N–H and O–H groups in total. The Labute approximate surface area is 101 Å². The first-order valence-corrected chi connectivity index (χ1v) is 6.42. The number of thioether (sulfide) groups is 1. The average molecular weight is 241 g/mol. The maximum atomic E-state index is 8.70. The van der Waals surface area contributed by atoms with Crippen LogP contribution in [0.15, 0.2) is 23.1 Å². The van der Waals surface area contributed by atoms with Gasteiger partial charge in [-0.3, -0.25) is 0 Å². The van der Waals surface area contributed by atoms with Crippen molar-refractivity contribution in [1.29, 1.82) is 0 Å². The van der Waals surface area contributed by atoms with Gasteiger partial charge in [0, 0.05) is 17.3 Å². The van der Waals surface area contributed by atoms with Crippen LogP contribution in [0.4, 0.5) is 5.69 Å². The van der Waals surface area contributed by atoms with E-state index in [1.54, 1.807) is 11.8 Å². The average Bonchev–Trinajstić information content (AvgIpc) is 2.22. The van der Waals surface area contributed by atoms with E-state index in [0.717, 1.165) is 22.8 Å². The molecule has 16 heavy (non-hydrogen) atoms. The predicted octanol–water partition coefficient (Wildman–Crippen LogP) is 2.53. The third-order valence-electron chi connectivity index (χ3n) is 1.92. The summed E-state index contributed by atoms with van der Waals surface area (Å²) < 4.78 is 5.60. The van der Waals surface area contributed by atoms with E-state index < -0.39 is 0 Å². The van der Waals surface area contributed by atoms with Gasteiger partial charge < -0.3 is 15.6 Å². The first-order chi connectivity index (χ1) is 7.63. The van der Waals surface area contributed by atoms with E-state index in [9.17, 15) is 0 Å². The number of ether oxygens (including phenoxy) is 1. The molecule has 0 unspecified atom stereocenters. The minimum atomic E-state index is 0.125. The minimum Gasteiger partial charge on any atom is -0.489 e. The summed E-state index contributed by atoms with van der Waals surface area (Å²) in [5, 5.41) is 8.70. The zero-order valence-electron chi connectivity index (χ0n) is 9.77. The third kappa shape index (κ3) is 4.33. The predicted molar refractivity (Wildman–Crippen MR) is 69.0 cm³/mol. The highest BCUT2D eigenvalue weighted by Gasteiger charge is 2.04. The SMILES string of the molecule is CC(C)Oc1cc(SCCCO)ccc1N. The molecule has 1 aromatic carbocycles. The van der Waals surface area contributed by atoms with Gasteiger partial charge in [-0.05, 0) is 38.5 Å². The second-order valence-electron chi connectivity index (χ2n) is 3.79. The second-order valence-corrected chi connectivity index (χ2v) is 4.96. The topological polar surface area (TPSA) is 55.5 Å². The van der Waals surface area contributed by atoms with Gasteiger partial charge in [0.05, 0.1) is 11.8 Å². The quantitative estimate of drug-likeness (QED) is 0.456. The highest BCUT2D eigenvalue weighted by atomic mass is 32.2. The smallest absolute Gasteiger partial charge is 0.143 e. The summed E-state index contributed by atoms with van der Waals surface area (Å²) in [6.45, 7) is 4.19. The Morgan fingerprint density at radius 2 is 2.19 bits per heavy atom. The van der Waals surface area contributed by atoms with Crippen molar-refractivity contribution in [3.63, 3.8) is 0 Å². The van der Waals surface area contributed by atoms with Crippen LogP contribution in [-0.4, -0.2) is 23.6 Å². The normalized spacial score (nSPS) is 10.8. The molecule has 0 spiro atoms. The number of rotatable bonds is 6. The summed E-state index contributed by atoms with van der Waals surface area (Å²) in [4.78, 5) is 1.12. The Balaban J connectivity index is 2.65. The molecule has 0 amide bonds. The Morgan fingerprint density at radius 3 is 2.81 bits per heavy atom. The van der Waals surface area contributed by atoms with Gasteiger partial charge in [0.1, 0.15) is 5.75 Å². The van der Waals surface area contributed by atoms with Gasteiger partial charge in [-0.25, -0.2) is 0 Å². The number of nitrogen functional groups attached to an aromatic ring is 1. The van der Waals surface area contributed by atoms with Crippen LogP contribution in [0.3, 0.4) is 0 Å². The van der Waals surface area contributed by atoms with Crippen molar-refractivity contribution in [2.75, 3.05) is 18.1 Å². The summed E-state index contributed by atoms with van der Waals surface area (Å²) in [5.41, 5.74) is 6.49. The van der Waals surface area contributed by atoms with Crippen LogP contribution in [0, 0.1) is 0 Å². The lowest BCUT2D eigenvalue weighted by molar-refractivity contribution is 0.243. The highest BCUT2D eigenvalue weighted by molar-refractivity contribution is 7.99. The fourth-order valence-corrected chi connectivity index (χ4v) is 2.08. The number of aliphatic hydroxyl groups is 1. The van der Waals surface area contributed by atoms with Crippen molar-refractivity contribution < 1.29 is 9.84 Å². The lowest BCUT2D eigenvalue weighted by atomic mass is 10.3. The molecule has 0 bridgehead atoms. The molecular formula is C12H19NO2S. The van der Waals surface area contributed by atoms with Crippen LogP contribution in [-0.2, 0) is 0 Å². The first kappa shape index (κ1) is 13.2. The Morgan fingerprint density at radius 1 is 1.44 bits per heavy atom. The molecule has 0 fully saturated rings. The number of benzene rings is 1. The van der Waals surface area contributed by atoms with Crippen molar-refractivity contribution >= 4 is 17.4 Å². The van der Waals surface area contributed by atoms with E-state index in [2.05, 4.69) is 0 Å². The molecule has 0 aromatic heterocycles. The van der Waals surface area contributed by atoms with E-state index >= 15 is 0 Å². The standard InChI is InChI=1S/C12H19NO2S/c1-9(2)15-12-8-10(4-5-11(12)13)16-7-3-6-14/h4-5,8-9,14H,3,6-7,13H2,1-2H3. The summed E-state index contributed by atoms with van der Waals surface area (Å²) >= 11 is 1.70. The van der Waals surface area contributed by atoms with E-state index in [-0.39, 0.29) is 12.7 Å². The number of aliphatic hydroxyl groups excluding tert-OH is 1. The molecule has 0 aliphatic heterocycles. The molecule has 1 aromatic rings. The molecule has 90 valence electrons. The van der Waals surface area contributed by atoms with Crippen LogP contribution in [0.2, 0.25) is 0 Å². The van der Waals surface area contributed by atoms with Gasteiger partial charge in [-0.15, -0.1) is 11.8 Å². The first-order valence-electron chi connectivity index (χ1n) is 5.43. The molecule has 0 atom stereocenters. The van der Waals surface area contributed by atoms with Crippen molar-refractivity contribution in [2.24, 2.45) is 0 Å². The molecule has 0 aliphatic carbocycles. The third-order valence-corrected chi connectivity index (χ3v) is 3.00. The number of nitrogens with two attached hydrogens (primary N) is 1. The zero-order chi connectivity index (χ0) is 12.0. The minimum absolute atomic E-state index is 0.125. The van der Waals surface area contributed by atoms with E-state index in [1.165, 1.54) is 0 Å². The second kappa shape index (κ2) is 6.66. The fourth-order valence-electron chi connectivity index (χ4n) is 1.22.